The van der Waals surface area contributed by atoms with Crippen LogP contribution >= 0.6 is 11.8 Å². The van der Waals surface area contributed by atoms with Gasteiger partial charge in [0.15, 0.2) is 0 Å². The Labute approximate surface area is 122 Å². The van der Waals surface area contributed by atoms with Crippen LogP contribution in [0.1, 0.15) is 28.0 Å². The molecular weight excluding hydrogens is 270 g/mol. The molecule has 4 nitrogen and oxygen atoms in total. The summed E-state index contributed by atoms with van der Waals surface area (Å²) in [5.41, 5.74) is 3.04. The highest BCUT2D eigenvalue weighted by Gasteiger charge is 2.22. The van der Waals surface area contributed by atoms with Crippen molar-refractivity contribution in [3.05, 3.63) is 41.1 Å². The van der Waals surface area contributed by atoms with Gasteiger partial charge in [-0.25, -0.2) is 0 Å². The fourth-order valence-electron chi connectivity index (χ4n) is 2.68. The van der Waals surface area contributed by atoms with Crippen LogP contribution in [0.5, 0.6) is 0 Å². The van der Waals surface area contributed by atoms with Crippen molar-refractivity contribution in [2.24, 2.45) is 7.05 Å². The lowest BCUT2D eigenvalue weighted by atomic mass is 10.2. The molecule has 0 saturated heterocycles. The van der Waals surface area contributed by atoms with Crippen LogP contribution in [0, 0.1) is 0 Å². The number of carbonyl (C=O) groups is 1. The lowest BCUT2D eigenvalue weighted by Gasteiger charge is -2.10. The van der Waals surface area contributed by atoms with E-state index in [9.17, 15) is 4.79 Å². The summed E-state index contributed by atoms with van der Waals surface area (Å²) in [6.07, 6.45) is 5.13. The number of nitrogens with one attached hydrogen (secondary N) is 1. The number of benzene rings is 1. The van der Waals surface area contributed by atoms with E-state index in [1.807, 2.05) is 37.6 Å². The largest absolute Gasteiger partial charge is 0.307 e. The summed E-state index contributed by atoms with van der Waals surface area (Å²) in [4.78, 5) is 13.5. The highest BCUT2D eigenvalue weighted by Crippen LogP contribution is 2.29. The molecule has 0 atom stereocenters. The zero-order valence-corrected chi connectivity index (χ0v) is 12.5. The van der Waals surface area contributed by atoms with Crippen molar-refractivity contribution < 1.29 is 4.79 Å². The van der Waals surface area contributed by atoms with E-state index in [2.05, 4.69) is 10.4 Å². The predicted molar refractivity (Wildman–Crippen MR) is 81.4 cm³/mol. The van der Waals surface area contributed by atoms with Crippen LogP contribution in [0.3, 0.4) is 0 Å². The number of carbonyl (C=O) groups excluding carboxylic acids is 1. The Morgan fingerprint density at radius 3 is 2.95 bits per heavy atom. The number of hydrogen-bond acceptors (Lipinski definition) is 3. The number of thioether (sulfide) groups is 1. The molecule has 5 heteroatoms. The molecule has 2 aromatic rings. The summed E-state index contributed by atoms with van der Waals surface area (Å²) >= 11 is 1.58. The Bertz CT molecular complexity index is 663. The first-order valence-electron chi connectivity index (χ1n) is 6.70. The molecule has 0 spiro atoms. The summed E-state index contributed by atoms with van der Waals surface area (Å²) in [5.74, 6) is 0.783. The van der Waals surface area contributed by atoms with Gasteiger partial charge in [0, 0.05) is 17.5 Å². The lowest BCUT2D eigenvalue weighted by molar-refractivity contribution is 0.102. The number of amides is 1. The summed E-state index contributed by atoms with van der Waals surface area (Å²) in [6.45, 7) is 0. The van der Waals surface area contributed by atoms with Crippen LogP contribution in [-0.4, -0.2) is 21.9 Å². The summed E-state index contributed by atoms with van der Waals surface area (Å²) in [6, 6.07) is 7.66. The molecule has 3 rings (SSSR count). The number of anilines is 1. The highest BCUT2D eigenvalue weighted by atomic mass is 32.2. The molecule has 0 aliphatic heterocycles. The van der Waals surface area contributed by atoms with E-state index in [0.717, 1.165) is 35.7 Å². The number of hydrogen-bond donors (Lipinski definition) is 1. The van der Waals surface area contributed by atoms with Gasteiger partial charge in [-0.05, 0) is 37.7 Å². The molecule has 1 heterocycles. The number of nitrogens with zero attached hydrogens (tertiary/aromatic N) is 2. The molecule has 0 fully saturated rings. The third kappa shape index (κ3) is 2.22. The van der Waals surface area contributed by atoms with Crippen molar-refractivity contribution in [2.75, 3.05) is 11.6 Å². The summed E-state index contributed by atoms with van der Waals surface area (Å²) in [7, 11) is 1.88. The Kier molecular flexibility index (Phi) is 3.53. The van der Waals surface area contributed by atoms with Crippen molar-refractivity contribution in [2.45, 2.75) is 24.2 Å². The van der Waals surface area contributed by atoms with Gasteiger partial charge in [-0.15, -0.1) is 11.8 Å². The molecule has 1 aliphatic carbocycles. The fraction of sp³-hybridized carbons (Fsp3) is 0.333. The van der Waals surface area contributed by atoms with E-state index >= 15 is 0 Å². The molecule has 1 aromatic carbocycles. The van der Waals surface area contributed by atoms with Crippen LogP contribution in [-0.2, 0) is 19.9 Å². The Morgan fingerprint density at radius 1 is 1.35 bits per heavy atom. The predicted octanol–water partition coefficient (Wildman–Crippen LogP) is 2.88. The normalized spacial score (nSPS) is 13.3. The van der Waals surface area contributed by atoms with Crippen molar-refractivity contribution in [1.82, 2.24) is 9.78 Å². The second-order valence-corrected chi connectivity index (χ2v) is 5.75. The molecule has 104 valence electrons. The van der Waals surface area contributed by atoms with Crippen molar-refractivity contribution in [3.8, 4) is 0 Å². The molecule has 1 aromatic heterocycles. The van der Waals surface area contributed by atoms with Crippen molar-refractivity contribution >= 4 is 23.5 Å². The first-order chi connectivity index (χ1) is 9.70. The zero-order chi connectivity index (χ0) is 14.1. The average Bonchev–Trinajstić information content (AvgIpc) is 3.02. The van der Waals surface area contributed by atoms with Gasteiger partial charge in [-0.3, -0.25) is 9.48 Å². The van der Waals surface area contributed by atoms with Gasteiger partial charge < -0.3 is 5.32 Å². The number of fused-ring (bicyclic) bond motifs is 1. The minimum absolute atomic E-state index is 0.0624. The standard InChI is InChI=1S/C15H17N3OS/c1-18-14(10-7-5-8-12(10)17-18)16-15(19)11-6-3-4-9-13(11)20-2/h3-4,6,9H,5,7-8H2,1-2H3,(H,16,19). The minimum atomic E-state index is -0.0624. The van der Waals surface area contributed by atoms with Gasteiger partial charge in [0.2, 0.25) is 0 Å². The summed E-state index contributed by atoms with van der Waals surface area (Å²) < 4.78 is 1.78. The molecule has 0 bridgehead atoms. The summed E-state index contributed by atoms with van der Waals surface area (Å²) in [5, 5.41) is 7.51. The molecule has 0 unspecified atom stereocenters. The Hall–Kier alpha value is -1.75. The van der Waals surface area contributed by atoms with Gasteiger partial charge in [0.1, 0.15) is 5.82 Å². The SMILES string of the molecule is CSc1ccccc1C(=O)Nc1c2c(nn1C)CCC2. The second-order valence-electron chi connectivity index (χ2n) is 4.91. The molecule has 1 amide bonds. The third-order valence-corrected chi connectivity index (χ3v) is 4.45. The Morgan fingerprint density at radius 2 is 2.15 bits per heavy atom. The van der Waals surface area contributed by atoms with Gasteiger partial charge in [-0.2, -0.15) is 5.10 Å². The van der Waals surface area contributed by atoms with E-state index in [1.54, 1.807) is 16.4 Å². The minimum Gasteiger partial charge on any atom is -0.307 e. The number of rotatable bonds is 3. The first kappa shape index (κ1) is 13.2. The fourth-order valence-corrected chi connectivity index (χ4v) is 3.28. The highest BCUT2D eigenvalue weighted by molar-refractivity contribution is 7.98. The molecule has 0 saturated carbocycles. The van der Waals surface area contributed by atoms with E-state index in [4.69, 9.17) is 0 Å². The van der Waals surface area contributed by atoms with Crippen molar-refractivity contribution in [1.29, 1.82) is 0 Å². The maximum absolute atomic E-state index is 12.5. The molecule has 0 radical (unpaired) electrons. The van der Waals surface area contributed by atoms with E-state index in [-0.39, 0.29) is 5.91 Å². The smallest absolute Gasteiger partial charge is 0.257 e. The van der Waals surface area contributed by atoms with Gasteiger partial charge in [0.05, 0.1) is 11.3 Å². The van der Waals surface area contributed by atoms with Crippen LogP contribution in [0.25, 0.3) is 0 Å². The second kappa shape index (κ2) is 5.32. The van der Waals surface area contributed by atoms with Gasteiger partial charge in [0.25, 0.3) is 5.91 Å². The molecule has 1 aliphatic rings. The topological polar surface area (TPSA) is 46.9 Å². The maximum atomic E-state index is 12.5. The lowest BCUT2D eigenvalue weighted by Crippen LogP contribution is -2.16. The average molecular weight is 287 g/mol. The van der Waals surface area contributed by atoms with Crippen LogP contribution in [0.4, 0.5) is 5.82 Å². The van der Waals surface area contributed by atoms with Crippen LogP contribution < -0.4 is 5.32 Å². The quantitative estimate of drug-likeness (QED) is 0.883. The zero-order valence-electron chi connectivity index (χ0n) is 11.6. The van der Waals surface area contributed by atoms with Crippen LogP contribution in [0.15, 0.2) is 29.2 Å². The first-order valence-corrected chi connectivity index (χ1v) is 7.92. The molecule has 1 N–H and O–H groups in total. The van der Waals surface area contributed by atoms with E-state index in [1.165, 1.54) is 5.56 Å². The van der Waals surface area contributed by atoms with E-state index in [0.29, 0.717) is 5.56 Å². The van der Waals surface area contributed by atoms with Crippen molar-refractivity contribution in [3.63, 3.8) is 0 Å². The maximum Gasteiger partial charge on any atom is 0.257 e. The van der Waals surface area contributed by atoms with Crippen LogP contribution in [0.2, 0.25) is 0 Å². The monoisotopic (exact) mass is 287 g/mol. The molecular formula is C15H17N3OS. The number of aromatic nitrogens is 2. The van der Waals surface area contributed by atoms with Gasteiger partial charge in [-0.1, -0.05) is 12.1 Å². The van der Waals surface area contributed by atoms with E-state index < -0.39 is 0 Å². The molecule has 20 heavy (non-hydrogen) atoms. The third-order valence-electron chi connectivity index (χ3n) is 3.65. The van der Waals surface area contributed by atoms with Gasteiger partial charge >= 0.3 is 0 Å². The number of aryl methyl sites for hydroxylation is 2. The Balaban J connectivity index is 1.90.